The molecule has 0 radical (unpaired) electrons. The number of nitrogen functional groups attached to an aromatic ring is 1. The lowest BCUT2D eigenvalue weighted by Gasteiger charge is -2.38. The molecule has 0 spiro atoms. The van der Waals surface area contributed by atoms with Gasteiger partial charge in [-0.3, -0.25) is 29.4 Å². The first-order chi connectivity index (χ1) is 12.4. The minimum Gasteiger partial charge on any atom is -0.398 e. The molecule has 2 heterocycles. The summed E-state index contributed by atoms with van der Waals surface area (Å²) in [5, 5.41) is 1.84. The first-order valence-electron chi connectivity index (χ1n) is 8.98. The monoisotopic (exact) mass is 293 g/mol. The Morgan fingerprint density at radius 3 is 2.76 bits per heavy atom. The van der Waals surface area contributed by atoms with Crippen molar-refractivity contribution >= 4 is 29.3 Å². The van der Waals surface area contributed by atoms with E-state index in [1.165, 1.54) is 0 Å². The summed E-state index contributed by atoms with van der Waals surface area (Å²) >= 11 is 0. The van der Waals surface area contributed by atoms with Gasteiger partial charge in [0.15, 0.2) is 0 Å². The van der Waals surface area contributed by atoms with Crippen LogP contribution in [0.1, 0.15) is 48.6 Å². The molecular formula is C14H13N3O4. The number of anilines is 1. The first-order valence-corrected chi connectivity index (χ1v) is 5.98. The number of nitrogens with two attached hydrogens (primary N) is 1. The number of hydrogen-bond acceptors (Lipinski definition) is 5. The lowest BCUT2D eigenvalue weighted by Crippen LogP contribution is -2.62. The maximum Gasteiger partial charge on any atom is 0.264 e. The van der Waals surface area contributed by atoms with Crippen molar-refractivity contribution in [2.75, 3.05) is 5.73 Å². The molecule has 21 heavy (non-hydrogen) atoms. The van der Waals surface area contributed by atoms with Crippen molar-refractivity contribution in [3.8, 4) is 0 Å². The highest BCUT2D eigenvalue weighted by atomic mass is 16.2. The first kappa shape index (κ1) is 7.92. The summed E-state index contributed by atoms with van der Waals surface area (Å²) in [6.45, 7) is -3.18. The van der Waals surface area contributed by atoms with E-state index in [9.17, 15) is 19.2 Å². The molecule has 0 unspecified atom stereocenters. The molecule has 1 saturated heterocycles. The van der Waals surface area contributed by atoms with E-state index in [0.29, 0.717) is 0 Å². The van der Waals surface area contributed by atoms with Crippen LogP contribution >= 0.6 is 0 Å². The minimum absolute atomic E-state index is 0.194. The van der Waals surface area contributed by atoms with Crippen LogP contribution in [0.3, 0.4) is 0 Å². The fourth-order valence-electron chi connectivity index (χ4n) is 2.38. The van der Waals surface area contributed by atoms with E-state index in [1.807, 2.05) is 5.32 Å². The maximum atomic E-state index is 12.9. The van der Waals surface area contributed by atoms with Gasteiger partial charge in [0.2, 0.25) is 5.91 Å². The number of amides is 4. The van der Waals surface area contributed by atoms with Crippen LogP contribution in [0.15, 0.2) is 18.1 Å². The summed E-state index contributed by atoms with van der Waals surface area (Å²) in [6.07, 6.45) is -1.05. The number of nitrogens with one attached hydrogen (secondary N) is 1. The number of carbonyl (C=O) groups is 4. The molecule has 7 heteroatoms. The highest BCUT2D eigenvalue weighted by Crippen LogP contribution is 2.35. The number of imide groups is 2. The third-order valence-electron chi connectivity index (χ3n) is 3.46. The molecule has 0 saturated carbocycles. The van der Waals surface area contributed by atoms with Crippen LogP contribution in [-0.4, -0.2) is 34.1 Å². The number of piperidine rings is 1. The van der Waals surface area contributed by atoms with E-state index in [1.54, 1.807) is 0 Å². The van der Waals surface area contributed by atoms with Crippen LogP contribution in [0, 0.1) is 0 Å². The molecule has 4 amide bonds. The summed E-state index contributed by atoms with van der Waals surface area (Å²) in [4.78, 5) is 50.0. The van der Waals surface area contributed by atoms with Gasteiger partial charge in [-0.1, -0.05) is 6.04 Å². The molecule has 2 aliphatic heterocycles. The van der Waals surface area contributed by atoms with E-state index in [0.717, 1.165) is 0 Å². The molecule has 3 N–H and O–H groups in total. The topological polar surface area (TPSA) is 110 Å². The van der Waals surface area contributed by atoms with Gasteiger partial charge in [0.05, 0.1) is 15.2 Å². The lowest BCUT2D eigenvalue weighted by atomic mass is 9.89. The Labute approximate surface area is 128 Å². The molecule has 0 aliphatic carbocycles. The number of rotatable bonds is 1. The number of carbonyl (C=O) groups excluding carboxylic acids is 4. The van der Waals surface area contributed by atoms with Crippen LogP contribution in [0.4, 0.5) is 5.69 Å². The van der Waals surface area contributed by atoms with E-state index < -0.39 is 83.8 Å². The van der Waals surface area contributed by atoms with E-state index in [-0.39, 0.29) is 4.90 Å². The van der Waals surface area contributed by atoms with Crippen LogP contribution in [0.2, 0.25) is 0 Å². The number of fused-ring (bicyclic) bond motifs is 1. The zero-order valence-corrected chi connectivity index (χ0v) is 10.6. The Bertz CT molecular complexity index is 897. The summed E-state index contributed by atoms with van der Waals surface area (Å²) in [5.41, 5.74) is 1.23. The van der Waals surface area contributed by atoms with Crippen LogP contribution in [0.5, 0.6) is 0 Å². The van der Waals surface area contributed by atoms with Crippen molar-refractivity contribution in [1.82, 2.24) is 10.2 Å². The quantitative estimate of drug-likeness (QED) is 0.562. The van der Waals surface area contributed by atoms with Gasteiger partial charge in [0, 0.05) is 16.2 Å². The third kappa shape index (κ3) is 1.67. The van der Waals surface area contributed by atoms with Gasteiger partial charge in [0.25, 0.3) is 17.7 Å². The van der Waals surface area contributed by atoms with Gasteiger partial charge in [-0.05, 0) is 25.4 Å². The van der Waals surface area contributed by atoms with Gasteiger partial charge >= 0.3 is 0 Å². The average Bonchev–Trinajstić information content (AvgIpc) is 2.82. The van der Waals surface area contributed by atoms with E-state index in [4.69, 9.17) is 14.0 Å². The second kappa shape index (κ2) is 4.15. The molecule has 1 atom stereocenters. The molecule has 0 aromatic heterocycles. The van der Waals surface area contributed by atoms with Crippen LogP contribution in [0.25, 0.3) is 0 Å². The summed E-state index contributed by atoms with van der Waals surface area (Å²) in [5.74, 6) is -4.62. The van der Waals surface area contributed by atoms with Crippen molar-refractivity contribution in [2.45, 2.75) is 25.2 Å². The zero-order chi connectivity index (χ0) is 20.5. The Morgan fingerprint density at radius 2 is 2.10 bits per heavy atom. The van der Waals surface area contributed by atoms with Crippen molar-refractivity contribution in [2.24, 2.45) is 0 Å². The van der Waals surface area contributed by atoms with Crippen LogP contribution < -0.4 is 11.1 Å². The minimum atomic E-state index is -3.18. The molecule has 1 aromatic rings. The predicted molar refractivity (Wildman–Crippen MR) is 72.1 cm³/mol. The predicted octanol–water partition coefficient (Wildman–Crippen LogP) is 0.0601. The Balaban J connectivity index is 2.29. The molecule has 1 aromatic carbocycles. The smallest absolute Gasteiger partial charge is 0.264 e. The second-order valence-corrected chi connectivity index (χ2v) is 4.72. The molecule has 7 nitrogen and oxygen atoms in total. The second-order valence-electron chi connectivity index (χ2n) is 4.72. The molecule has 1 fully saturated rings. The van der Waals surface area contributed by atoms with E-state index >= 15 is 0 Å². The zero-order valence-electron chi connectivity index (χ0n) is 16.6. The van der Waals surface area contributed by atoms with Gasteiger partial charge in [-0.25, -0.2) is 0 Å². The molecule has 2 aliphatic rings. The summed E-state index contributed by atoms with van der Waals surface area (Å²) in [6, 6.07) is -2.13. The molecule has 3 rings (SSSR count). The van der Waals surface area contributed by atoms with Gasteiger partial charge in [0.1, 0.15) is 5.54 Å². The van der Waals surface area contributed by atoms with E-state index in [2.05, 4.69) is 0 Å². The highest BCUT2D eigenvalue weighted by Gasteiger charge is 2.53. The van der Waals surface area contributed by atoms with Crippen molar-refractivity contribution < 1.29 is 27.4 Å². The van der Waals surface area contributed by atoms with Gasteiger partial charge in [-0.15, -0.1) is 0 Å². The number of benzene rings is 1. The number of hydrogen-bond donors (Lipinski definition) is 2. The SMILES string of the molecule is [2H]c1c([2H])c(N)c2c(c1[2H])C(=O)N([C@]1(C([2H])([2H])[2H])CCC(=O)NC1=O)C2=O. The molecule has 108 valence electrons. The maximum absolute atomic E-state index is 12.9. The van der Waals surface area contributed by atoms with Crippen molar-refractivity contribution in [1.29, 1.82) is 0 Å². The number of nitrogens with zero attached hydrogens (tertiary/aromatic N) is 1. The van der Waals surface area contributed by atoms with Crippen LogP contribution in [-0.2, 0) is 9.59 Å². The lowest BCUT2D eigenvalue weighted by molar-refractivity contribution is -0.140. The fourth-order valence-corrected chi connectivity index (χ4v) is 2.38. The fraction of sp³-hybridized carbons (Fsp3) is 0.286. The van der Waals surface area contributed by atoms with Gasteiger partial charge in [-0.2, -0.15) is 0 Å². The standard InChI is InChI=1S/C14H13N3O4/c1-14(6-5-9(18)16-13(14)21)17-11(19)7-3-2-4-8(15)10(7)12(17)20/h2-4H,5-6,15H2,1H3,(H,16,18,21)/t14-/m1/s1/i1D3,2D,3D,4D. The largest absolute Gasteiger partial charge is 0.398 e. The third-order valence-corrected chi connectivity index (χ3v) is 3.46. The Kier molecular flexibility index (Phi) is 1.56. The highest BCUT2D eigenvalue weighted by molar-refractivity contribution is 6.26. The van der Waals surface area contributed by atoms with Gasteiger partial charge < -0.3 is 5.73 Å². The summed E-state index contributed by atoms with van der Waals surface area (Å²) in [7, 11) is 0. The van der Waals surface area contributed by atoms with Crippen molar-refractivity contribution in [3.63, 3.8) is 0 Å². The Hall–Kier alpha value is -2.70. The Morgan fingerprint density at radius 1 is 1.33 bits per heavy atom. The van der Waals surface area contributed by atoms with Crippen molar-refractivity contribution in [3.05, 3.63) is 29.3 Å². The molecule has 0 bridgehead atoms. The molecular weight excluding hydrogens is 274 g/mol. The normalized spacial score (nSPS) is 29.8. The summed E-state index contributed by atoms with van der Waals surface area (Å²) < 4.78 is 46.6. The average molecular weight is 293 g/mol.